The summed E-state index contributed by atoms with van der Waals surface area (Å²) in [5.41, 5.74) is 2.26. The van der Waals surface area contributed by atoms with Gasteiger partial charge in [-0.05, 0) is 55.0 Å². The van der Waals surface area contributed by atoms with Crippen LogP contribution in [0.4, 0.5) is 16.2 Å². The Morgan fingerprint density at radius 3 is 2.23 bits per heavy atom. The lowest BCUT2D eigenvalue weighted by Crippen LogP contribution is -2.50. The van der Waals surface area contributed by atoms with Gasteiger partial charge < -0.3 is 24.6 Å². The summed E-state index contributed by atoms with van der Waals surface area (Å²) in [6.07, 6.45) is 1.83. The highest BCUT2D eigenvalue weighted by Gasteiger charge is 2.21. The molecule has 1 aliphatic heterocycles. The predicted octanol–water partition coefficient (Wildman–Crippen LogP) is 4.01. The van der Waals surface area contributed by atoms with Crippen molar-refractivity contribution in [1.29, 1.82) is 0 Å². The normalized spacial score (nSPS) is 13.7. The summed E-state index contributed by atoms with van der Waals surface area (Å²) >= 11 is 0. The molecule has 0 saturated carbocycles. The summed E-state index contributed by atoms with van der Waals surface area (Å²) in [4.78, 5) is 28.6. The molecule has 7 nitrogen and oxygen atoms in total. The second-order valence-corrected chi connectivity index (χ2v) is 7.17. The van der Waals surface area contributed by atoms with Crippen LogP contribution in [0.25, 0.3) is 0 Å². The van der Waals surface area contributed by atoms with Crippen LogP contribution in [0.15, 0.2) is 48.5 Å². The van der Waals surface area contributed by atoms with Crippen LogP contribution in [-0.4, -0.2) is 56.8 Å². The number of anilines is 2. The van der Waals surface area contributed by atoms with Gasteiger partial charge in [0.2, 0.25) is 0 Å². The van der Waals surface area contributed by atoms with E-state index in [-0.39, 0.29) is 12.0 Å². The smallest absolute Gasteiger partial charge is 0.338 e. The SMILES string of the molecule is CCCCOC(=O)c1ccc(NC(=O)N2CCN(c3ccc(OC)cc3)CC2)cc1. The number of esters is 1. The monoisotopic (exact) mass is 411 g/mol. The fourth-order valence-corrected chi connectivity index (χ4v) is 3.25. The molecule has 0 unspecified atom stereocenters. The summed E-state index contributed by atoms with van der Waals surface area (Å²) in [5, 5.41) is 2.90. The van der Waals surface area contributed by atoms with Gasteiger partial charge in [-0.25, -0.2) is 9.59 Å². The molecule has 2 aromatic rings. The van der Waals surface area contributed by atoms with Crippen molar-refractivity contribution < 1.29 is 19.1 Å². The first kappa shape index (κ1) is 21.5. The number of piperazine rings is 1. The Hall–Kier alpha value is -3.22. The van der Waals surface area contributed by atoms with Crippen LogP contribution in [0.2, 0.25) is 0 Å². The largest absolute Gasteiger partial charge is 0.497 e. The van der Waals surface area contributed by atoms with Crippen LogP contribution in [0.5, 0.6) is 5.75 Å². The average molecular weight is 412 g/mol. The number of unbranched alkanes of at least 4 members (excludes halogenated alkanes) is 1. The third-order valence-electron chi connectivity index (χ3n) is 5.11. The number of nitrogens with one attached hydrogen (secondary N) is 1. The fourth-order valence-electron chi connectivity index (χ4n) is 3.25. The minimum atomic E-state index is -0.337. The molecule has 0 atom stereocenters. The van der Waals surface area contributed by atoms with Gasteiger partial charge in [-0.3, -0.25) is 0 Å². The number of methoxy groups -OCH3 is 1. The summed E-state index contributed by atoms with van der Waals surface area (Å²) in [5.74, 6) is 0.494. The van der Waals surface area contributed by atoms with Crippen LogP contribution in [-0.2, 0) is 4.74 Å². The molecule has 0 spiro atoms. The molecular formula is C23H29N3O4. The topological polar surface area (TPSA) is 71.1 Å². The van der Waals surface area contributed by atoms with Gasteiger partial charge >= 0.3 is 12.0 Å². The minimum Gasteiger partial charge on any atom is -0.497 e. The zero-order chi connectivity index (χ0) is 21.3. The first-order valence-electron chi connectivity index (χ1n) is 10.3. The molecule has 2 amide bonds. The Balaban J connectivity index is 1.47. The molecule has 0 bridgehead atoms. The summed E-state index contributed by atoms with van der Waals surface area (Å²) in [6.45, 7) is 5.28. The number of hydrogen-bond acceptors (Lipinski definition) is 5. The fraction of sp³-hybridized carbons (Fsp3) is 0.391. The number of amides is 2. The molecule has 3 rings (SSSR count). The molecular weight excluding hydrogens is 382 g/mol. The van der Waals surface area contributed by atoms with E-state index >= 15 is 0 Å². The van der Waals surface area contributed by atoms with Gasteiger partial charge in [0.25, 0.3) is 0 Å². The Bertz CT molecular complexity index is 829. The van der Waals surface area contributed by atoms with Crippen molar-refractivity contribution in [2.75, 3.05) is 50.1 Å². The number of rotatable bonds is 7. The van der Waals surface area contributed by atoms with E-state index in [9.17, 15) is 9.59 Å². The zero-order valence-corrected chi connectivity index (χ0v) is 17.6. The van der Waals surface area contributed by atoms with Crippen LogP contribution in [0, 0.1) is 0 Å². The molecule has 0 radical (unpaired) electrons. The van der Waals surface area contributed by atoms with Crippen LogP contribution < -0.4 is 15.0 Å². The third kappa shape index (κ3) is 5.65. The lowest BCUT2D eigenvalue weighted by atomic mass is 10.2. The Morgan fingerprint density at radius 1 is 0.967 bits per heavy atom. The van der Waals surface area contributed by atoms with Crippen molar-refractivity contribution in [3.8, 4) is 5.75 Å². The maximum atomic E-state index is 12.6. The van der Waals surface area contributed by atoms with Gasteiger partial charge in [0.15, 0.2) is 0 Å². The van der Waals surface area contributed by atoms with Crippen LogP contribution >= 0.6 is 0 Å². The predicted molar refractivity (Wildman–Crippen MR) is 117 cm³/mol. The molecule has 1 saturated heterocycles. The minimum absolute atomic E-state index is 0.136. The number of nitrogens with zero attached hydrogens (tertiary/aromatic N) is 2. The van der Waals surface area contributed by atoms with Crippen molar-refractivity contribution in [3.63, 3.8) is 0 Å². The standard InChI is InChI=1S/C23H29N3O4/c1-3-4-17-30-22(27)18-5-7-19(8-6-18)24-23(28)26-15-13-25(14-16-26)20-9-11-21(29-2)12-10-20/h5-12H,3-4,13-17H2,1-2H3,(H,24,28). The van der Waals surface area contributed by atoms with E-state index in [2.05, 4.69) is 10.2 Å². The van der Waals surface area contributed by atoms with Crippen molar-refractivity contribution in [2.24, 2.45) is 0 Å². The lowest BCUT2D eigenvalue weighted by molar-refractivity contribution is 0.0500. The van der Waals surface area contributed by atoms with Gasteiger partial charge in [0, 0.05) is 37.6 Å². The Morgan fingerprint density at radius 2 is 1.63 bits per heavy atom. The van der Waals surface area contributed by atoms with E-state index in [1.54, 1.807) is 36.3 Å². The molecule has 7 heteroatoms. The third-order valence-corrected chi connectivity index (χ3v) is 5.11. The van der Waals surface area contributed by atoms with Crippen LogP contribution in [0.1, 0.15) is 30.1 Å². The molecule has 1 aliphatic rings. The summed E-state index contributed by atoms with van der Waals surface area (Å²) in [7, 11) is 1.65. The van der Waals surface area contributed by atoms with E-state index in [4.69, 9.17) is 9.47 Å². The first-order chi connectivity index (χ1) is 14.6. The quantitative estimate of drug-likeness (QED) is 0.551. The number of urea groups is 1. The number of benzene rings is 2. The molecule has 160 valence electrons. The number of carbonyl (C=O) groups is 2. The molecule has 1 heterocycles. The summed E-state index contributed by atoms with van der Waals surface area (Å²) < 4.78 is 10.4. The second-order valence-electron chi connectivity index (χ2n) is 7.17. The van der Waals surface area contributed by atoms with E-state index < -0.39 is 0 Å². The van der Waals surface area contributed by atoms with E-state index in [1.807, 2.05) is 31.2 Å². The molecule has 1 fully saturated rings. The van der Waals surface area contributed by atoms with Gasteiger partial charge in [-0.2, -0.15) is 0 Å². The number of hydrogen-bond donors (Lipinski definition) is 1. The molecule has 2 aromatic carbocycles. The van der Waals surface area contributed by atoms with Crippen molar-refractivity contribution >= 4 is 23.4 Å². The van der Waals surface area contributed by atoms with Crippen LogP contribution in [0.3, 0.4) is 0 Å². The van der Waals surface area contributed by atoms with Gasteiger partial charge in [-0.1, -0.05) is 13.3 Å². The van der Waals surface area contributed by atoms with Gasteiger partial charge in [0.05, 0.1) is 19.3 Å². The lowest BCUT2D eigenvalue weighted by Gasteiger charge is -2.36. The molecule has 1 N–H and O–H groups in total. The molecule has 0 aromatic heterocycles. The number of carbonyl (C=O) groups excluding carboxylic acids is 2. The van der Waals surface area contributed by atoms with Crippen molar-refractivity contribution in [3.05, 3.63) is 54.1 Å². The van der Waals surface area contributed by atoms with Gasteiger partial charge in [0.1, 0.15) is 5.75 Å². The maximum absolute atomic E-state index is 12.6. The highest BCUT2D eigenvalue weighted by Crippen LogP contribution is 2.21. The molecule has 0 aliphatic carbocycles. The second kappa shape index (κ2) is 10.5. The highest BCUT2D eigenvalue weighted by atomic mass is 16.5. The average Bonchev–Trinajstić information content (AvgIpc) is 2.80. The number of ether oxygens (including phenoxy) is 2. The zero-order valence-electron chi connectivity index (χ0n) is 17.6. The maximum Gasteiger partial charge on any atom is 0.338 e. The first-order valence-corrected chi connectivity index (χ1v) is 10.3. The summed E-state index contributed by atoms with van der Waals surface area (Å²) in [6, 6.07) is 14.6. The van der Waals surface area contributed by atoms with E-state index in [1.165, 1.54) is 0 Å². The highest BCUT2D eigenvalue weighted by molar-refractivity contribution is 5.92. The Labute approximate surface area is 177 Å². The van der Waals surface area contributed by atoms with Gasteiger partial charge in [-0.15, -0.1) is 0 Å². The van der Waals surface area contributed by atoms with E-state index in [0.717, 1.165) is 37.4 Å². The van der Waals surface area contributed by atoms with E-state index in [0.29, 0.717) is 30.9 Å². The Kier molecular flexibility index (Phi) is 7.54. The molecule has 30 heavy (non-hydrogen) atoms. The van der Waals surface area contributed by atoms with Crippen molar-refractivity contribution in [2.45, 2.75) is 19.8 Å². The van der Waals surface area contributed by atoms with Crippen molar-refractivity contribution in [1.82, 2.24) is 4.90 Å².